The Balaban J connectivity index is 1.35. The van der Waals surface area contributed by atoms with Crippen LogP contribution in [0.3, 0.4) is 0 Å². The third kappa shape index (κ3) is 6.46. The molecule has 0 bridgehead atoms. The van der Waals surface area contributed by atoms with Crippen LogP contribution >= 0.6 is 0 Å². The first-order valence-electron chi connectivity index (χ1n) is 12.3. The molecule has 192 valence electrons. The molecule has 4 rings (SSSR count). The van der Waals surface area contributed by atoms with Crippen LogP contribution in [0.4, 0.5) is 9.59 Å². The van der Waals surface area contributed by atoms with Gasteiger partial charge in [0.2, 0.25) is 5.91 Å². The Morgan fingerprint density at radius 3 is 2.05 bits per heavy atom. The second-order valence-electron chi connectivity index (χ2n) is 9.43. The van der Waals surface area contributed by atoms with E-state index in [1.807, 2.05) is 38.1 Å². The van der Waals surface area contributed by atoms with Gasteiger partial charge in [-0.05, 0) is 52.3 Å². The average molecular weight is 502 g/mol. The second-order valence-corrected chi connectivity index (χ2v) is 9.43. The Kier molecular flexibility index (Phi) is 8.08. The summed E-state index contributed by atoms with van der Waals surface area (Å²) < 4.78 is 10.4. The van der Waals surface area contributed by atoms with Crippen molar-refractivity contribution in [1.82, 2.24) is 10.6 Å². The fourth-order valence-corrected chi connectivity index (χ4v) is 4.59. The third-order valence-corrected chi connectivity index (χ3v) is 6.27. The van der Waals surface area contributed by atoms with E-state index in [1.54, 1.807) is 24.3 Å². The van der Waals surface area contributed by atoms with Crippen molar-refractivity contribution in [1.29, 1.82) is 0 Å². The smallest absolute Gasteiger partial charge is 0.409 e. The summed E-state index contributed by atoms with van der Waals surface area (Å²) in [5, 5.41) is 5.59. The number of fused-ring (bicyclic) bond motifs is 3. The number of nitrogens with one attached hydrogen (secondary N) is 2. The van der Waals surface area contributed by atoms with Gasteiger partial charge in [-0.3, -0.25) is 4.79 Å². The van der Waals surface area contributed by atoms with Crippen LogP contribution in [0.2, 0.25) is 0 Å². The number of amides is 3. The van der Waals surface area contributed by atoms with Crippen molar-refractivity contribution < 1.29 is 23.9 Å². The summed E-state index contributed by atoms with van der Waals surface area (Å²) in [5.41, 5.74) is 10.4. The molecule has 0 saturated heterocycles. The topological polar surface area (TPSA) is 120 Å². The molecule has 1 unspecified atom stereocenters. The Labute approximate surface area is 216 Å². The number of primary amides is 1. The normalized spacial score (nSPS) is 12.8. The lowest BCUT2D eigenvalue weighted by atomic mass is 9.98. The van der Waals surface area contributed by atoms with Gasteiger partial charge in [-0.25, -0.2) is 9.59 Å². The molecule has 8 nitrogen and oxygen atoms in total. The van der Waals surface area contributed by atoms with Gasteiger partial charge in [0.1, 0.15) is 18.4 Å². The van der Waals surface area contributed by atoms with Crippen LogP contribution < -0.4 is 21.1 Å². The standard InChI is InChI=1S/C29H31N3O5/c1-18(2)15-26(27(33)31-16-19-11-13-20(14-12-19)37-28(30)34)32-29(35)36-17-25-23-9-5-3-7-21(23)22-8-4-6-10-24(22)25/h3-14,18,25-26H,15-17H2,1-2H3,(H2,30,34)(H,31,33)(H,32,35). The molecule has 3 aromatic carbocycles. The molecule has 1 aliphatic carbocycles. The van der Waals surface area contributed by atoms with Crippen LogP contribution in [0.5, 0.6) is 5.75 Å². The average Bonchev–Trinajstić information content (AvgIpc) is 3.19. The van der Waals surface area contributed by atoms with Gasteiger partial charge >= 0.3 is 12.2 Å². The van der Waals surface area contributed by atoms with Crippen LogP contribution in [0.15, 0.2) is 72.8 Å². The molecule has 4 N–H and O–H groups in total. The lowest BCUT2D eigenvalue weighted by Gasteiger charge is -2.21. The summed E-state index contributed by atoms with van der Waals surface area (Å²) in [6.45, 7) is 4.39. The van der Waals surface area contributed by atoms with E-state index in [9.17, 15) is 14.4 Å². The van der Waals surface area contributed by atoms with Crippen LogP contribution in [-0.2, 0) is 16.1 Å². The van der Waals surface area contributed by atoms with Crippen molar-refractivity contribution in [2.45, 2.75) is 38.8 Å². The van der Waals surface area contributed by atoms with Gasteiger partial charge in [-0.1, -0.05) is 74.5 Å². The van der Waals surface area contributed by atoms with E-state index in [4.69, 9.17) is 15.2 Å². The molecule has 0 aliphatic heterocycles. The molecule has 0 spiro atoms. The maximum atomic E-state index is 12.9. The fraction of sp³-hybridized carbons (Fsp3) is 0.276. The maximum absolute atomic E-state index is 12.9. The number of carbonyl (C=O) groups excluding carboxylic acids is 3. The number of nitrogens with two attached hydrogens (primary N) is 1. The van der Waals surface area contributed by atoms with Crippen molar-refractivity contribution in [2.24, 2.45) is 11.7 Å². The highest BCUT2D eigenvalue weighted by molar-refractivity contribution is 5.85. The van der Waals surface area contributed by atoms with Crippen molar-refractivity contribution in [3.63, 3.8) is 0 Å². The highest BCUT2D eigenvalue weighted by atomic mass is 16.6. The first-order valence-corrected chi connectivity index (χ1v) is 12.3. The van der Waals surface area contributed by atoms with Crippen molar-refractivity contribution in [3.8, 4) is 16.9 Å². The summed E-state index contributed by atoms with van der Waals surface area (Å²) >= 11 is 0. The van der Waals surface area contributed by atoms with Crippen LogP contribution in [0, 0.1) is 5.92 Å². The Morgan fingerprint density at radius 1 is 0.892 bits per heavy atom. The number of hydrogen-bond donors (Lipinski definition) is 3. The molecule has 3 aromatic rings. The summed E-state index contributed by atoms with van der Waals surface area (Å²) in [6.07, 6.45) is -1.06. The van der Waals surface area contributed by atoms with Gasteiger partial charge in [-0.2, -0.15) is 0 Å². The maximum Gasteiger partial charge on any atom is 0.409 e. The summed E-state index contributed by atoms with van der Waals surface area (Å²) in [4.78, 5) is 36.5. The Morgan fingerprint density at radius 2 is 1.49 bits per heavy atom. The van der Waals surface area contributed by atoms with Gasteiger partial charge < -0.3 is 25.8 Å². The van der Waals surface area contributed by atoms with Gasteiger partial charge in [-0.15, -0.1) is 0 Å². The molecule has 3 amide bonds. The molecule has 0 radical (unpaired) electrons. The highest BCUT2D eigenvalue weighted by Crippen LogP contribution is 2.44. The number of rotatable bonds is 9. The van der Waals surface area contributed by atoms with Crippen LogP contribution in [0.25, 0.3) is 11.1 Å². The quantitative estimate of drug-likeness (QED) is 0.392. The summed E-state index contributed by atoms with van der Waals surface area (Å²) in [5.74, 6) is 0.128. The largest absolute Gasteiger partial charge is 0.449 e. The molecule has 0 aromatic heterocycles. The van der Waals surface area contributed by atoms with Gasteiger partial charge in [0, 0.05) is 12.5 Å². The summed E-state index contributed by atoms with van der Waals surface area (Å²) in [6, 6.07) is 22.1. The molecule has 8 heteroatoms. The van der Waals surface area contributed by atoms with E-state index in [-0.39, 0.29) is 30.9 Å². The predicted molar refractivity (Wildman–Crippen MR) is 140 cm³/mol. The zero-order valence-corrected chi connectivity index (χ0v) is 20.9. The van der Waals surface area contributed by atoms with Crippen molar-refractivity contribution in [2.75, 3.05) is 6.61 Å². The number of benzene rings is 3. The van der Waals surface area contributed by atoms with E-state index in [1.165, 1.54) is 0 Å². The number of alkyl carbamates (subject to hydrolysis) is 1. The molecule has 0 fully saturated rings. The minimum absolute atomic E-state index is 0.0583. The van der Waals surface area contributed by atoms with Crippen molar-refractivity contribution in [3.05, 3.63) is 89.5 Å². The lowest BCUT2D eigenvalue weighted by molar-refractivity contribution is -0.123. The zero-order chi connectivity index (χ0) is 26.4. The molecule has 1 aliphatic rings. The van der Waals surface area contributed by atoms with E-state index in [2.05, 4.69) is 34.9 Å². The van der Waals surface area contributed by atoms with E-state index in [0.717, 1.165) is 27.8 Å². The number of ether oxygens (including phenoxy) is 2. The fourth-order valence-electron chi connectivity index (χ4n) is 4.59. The minimum atomic E-state index is -0.892. The third-order valence-electron chi connectivity index (χ3n) is 6.27. The first-order chi connectivity index (χ1) is 17.8. The molecule has 0 saturated carbocycles. The van der Waals surface area contributed by atoms with E-state index >= 15 is 0 Å². The van der Waals surface area contributed by atoms with Crippen molar-refractivity contribution >= 4 is 18.1 Å². The minimum Gasteiger partial charge on any atom is -0.449 e. The Hall–Kier alpha value is -4.33. The Bertz CT molecular complexity index is 1230. The van der Waals surface area contributed by atoms with Crippen LogP contribution in [-0.4, -0.2) is 30.7 Å². The summed E-state index contributed by atoms with van der Waals surface area (Å²) in [7, 11) is 0. The second kappa shape index (κ2) is 11.6. The predicted octanol–water partition coefficient (Wildman–Crippen LogP) is 4.71. The monoisotopic (exact) mass is 501 g/mol. The molecular weight excluding hydrogens is 470 g/mol. The van der Waals surface area contributed by atoms with Gasteiger partial charge in [0.15, 0.2) is 0 Å². The SMILES string of the molecule is CC(C)CC(NC(=O)OCC1c2ccccc2-c2ccccc21)C(=O)NCc1ccc(OC(N)=O)cc1. The lowest BCUT2D eigenvalue weighted by Crippen LogP contribution is -2.47. The molecule has 0 heterocycles. The van der Waals surface area contributed by atoms with Gasteiger partial charge in [0.05, 0.1) is 0 Å². The number of hydrogen-bond acceptors (Lipinski definition) is 5. The van der Waals surface area contributed by atoms with Gasteiger partial charge in [0.25, 0.3) is 0 Å². The molecule has 37 heavy (non-hydrogen) atoms. The first kappa shape index (κ1) is 25.8. The highest BCUT2D eigenvalue weighted by Gasteiger charge is 2.30. The number of carbonyl (C=O) groups is 3. The van der Waals surface area contributed by atoms with Crippen LogP contribution in [0.1, 0.15) is 42.9 Å². The molecule has 1 atom stereocenters. The zero-order valence-electron chi connectivity index (χ0n) is 20.9. The van der Waals surface area contributed by atoms with E-state index in [0.29, 0.717) is 12.2 Å². The molecular formula is C29H31N3O5. The van der Waals surface area contributed by atoms with E-state index < -0.39 is 18.2 Å².